The van der Waals surface area contributed by atoms with Gasteiger partial charge in [-0.15, -0.1) is 0 Å². The fourth-order valence-electron chi connectivity index (χ4n) is 4.18. The molecule has 1 unspecified atom stereocenters. The third kappa shape index (κ3) is 5.66. The summed E-state index contributed by atoms with van der Waals surface area (Å²) in [5.74, 6) is -1.12. The number of carbonyl (C=O) groups excluding carboxylic acids is 3. The SMILES string of the molecule is O=C(NCC(=O)N(c1ccc(Cl)cc1)C(C(=O)NC1CCCC1)c1ccccc1)c1ccco1. The number of hydrogen-bond acceptors (Lipinski definition) is 4. The average molecular weight is 480 g/mol. The fraction of sp³-hybridized carbons (Fsp3) is 0.269. The Balaban J connectivity index is 1.65. The van der Waals surface area contributed by atoms with Gasteiger partial charge in [0, 0.05) is 16.8 Å². The molecule has 1 atom stereocenters. The van der Waals surface area contributed by atoms with Gasteiger partial charge in [-0.1, -0.05) is 54.8 Å². The van der Waals surface area contributed by atoms with Crippen LogP contribution in [0.1, 0.15) is 47.8 Å². The summed E-state index contributed by atoms with van der Waals surface area (Å²) in [6, 6.07) is 18.1. The number of hydrogen-bond donors (Lipinski definition) is 2. The molecule has 1 aromatic heterocycles. The molecule has 1 fully saturated rings. The molecule has 3 aromatic rings. The van der Waals surface area contributed by atoms with Crippen molar-refractivity contribution in [3.05, 3.63) is 89.3 Å². The zero-order valence-electron chi connectivity index (χ0n) is 18.6. The van der Waals surface area contributed by atoms with Gasteiger partial charge in [-0.3, -0.25) is 19.3 Å². The molecule has 2 aromatic carbocycles. The topological polar surface area (TPSA) is 91.7 Å². The first-order valence-electron chi connectivity index (χ1n) is 11.3. The molecule has 1 aliphatic carbocycles. The van der Waals surface area contributed by atoms with Crippen molar-refractivity contribution >= 4 is 35.0 Å². The van der Waals surface area contributed by atoms with Crippen molar-refractivity contribution in [2.24, 2.45) is 0 Å². The first kappa shape index (κ1) is 23.6. The van der Waals surface area contributed by atoms with E-state index in [1.54, 1.807) is 30.3 Å². The van der Waals surface area contributed by atoms with Gasteiger partial charge in [0.1, 0.15) is 6.04 Å². The van der Waals surface area contributed by atoms with Crippen molar-refractivity contribution in [1.29, 1.82) is 0 Å². The molecule has 7 nitrogen and oxygen atoms in total. The summed E-state index contributed by atoms with van der Waals surface area (Å²) >= 11 is 6.08. The monoisotopic (exact) mass is 479 g/mol. The van der Waals surface area contributed by atoms with E-state index in [1.807, 2.05) is 30.3 Å². The van der Waals surface area contributed by atoms with Crippen LogP contribution in [0.25, 0.3) is 0 Å². The van der Waals surface area contributed by atoms with Crippen LogP contribution in [0.4, 0.5) is 5.69 Å². The molecule has 0 radical (unpaired) electrons. The number of anilines is 1. The number of carbonyl (C=O) groups is 3. The van der Waals surface area contributed by atoms with E-state index in [0.29, 0.717) is 16.3 Å². The lowest BCUT2D eigenvalue weighted by molar-refractivity contribution is -0.126. The lowest BCUT2D eigenvalue weighted by Crippen LogP contribution is -2.49. The van der Waals surface area contributed by atoms with Crippen LogP contribution >= 0.6 is 11.6 Å². The number of halogens is 1. The quantitative estimate of drug-likeness (QED) is 0.497. The lowest BCUT2D eigenvalue weighted by atomic mass is 10.0. The van der Waals surface area contributed by atoms with Crippen molar-refractivity contribution in [2.45, 2.75) is 37.8 Å². The minimum Gasteiger partial charge on any atom is -0.459 e. The van der Waals surface area contributed by atoms with Crippen molar-refractivity contribution in [3.8, 4) is 0 Å². The molecule has 1 saturated carbocycles. The van der Waals surface area contributed by atoms with Gasteiger partial charge in [0.2, 0.25) is 11.8 Å². The second-order valence-electron chi connectivity index (χ2n) is 8.20. The van der Waals surface area contributed by atoms with E-state index in [-0.39, 0.29) is 24.3 Å². The van der Waals surface area contributed by atoms with Gasteiger partial charge in [-0.25, -0.2) is 0 Å². The van der Waals surface area contributed by atoms with Crippen LogP contribution in [0.5, 0.6) is 0 Å². The predicted molar refractivity (Wildman–Crippen MR) is 130 cm³/mol. The van der Waals surface area contributed by atoms with Crippen molar-refractivity contribution < 1.29 is 18.8 Å². The van der Waals surface area contributed by atoms with E-state index < -0.39 is 17.9 Å². The summed E-state index contributed by atoms with van der Waals surface area (Å²) in [6.45, 7) is -0.317. The molecule has 34 heavy (non-hydrogen) atoms. The Bertz CT molecular complexity index is 1110. The zero-order valence-corrected chi connectivity index (χ0v) is 19.3. The largest absolute Gasteiger partial charge is 0.459 e. The number of furan rings is 1. The maximum Gasteiger partial charge on any atom is 0.287 e. The highest BCUT2D eigenvalue weighted by Gasteiger charge is 2.34. The minimum absolute atomic E-state index is 0.0829. The zero-order chi connectivity index (χ0) is 23.9. The standard InChI is InChI=1S/C26H26ClN3O4/c27-19-12-14-21(15-13-19)30(23(31)17-28-25(32)22-11-6-16-34-22)24(18-7-2-1-3-8-18)26(33)29-20-9-4-5-10-20/h1-3,6-8,11-16,20,24H,4-5,9-10,17H2,(H,28,32)(H,29,33). The van der Waals surface area contributed by atoms with Gasteiger partial charge >= 0.3 is 0 Å². The Morgan fingerprint density at radius 3 is 2.32 bits per heavy atom. The first-order chi connectivity index (χ1) is 16.5. The van der Waals surface area contributed by atoms with Gasteiger partial charge in [0.15, 0.2) is 5.76 Å². The maximum atomic E-state index is 13.6. The Kier molecular flexibility index (Phi) is 7.65. The summed E-state index contributed by atoms with van der Waals surface area (Å²) in [6.07, 6.45) is 5.36. The Labute approximate surface area is 203 Å². The summed E-state index contributed by atoms with van der Waals surface area (Å²) in [5, 5.41) is 6.21. The second kappa shape index (κ2) is 11.0. The van der Waals surface area contributed by atoms with Crippen molar-refractivity contribution in [3.63, 3.8) is 0 Å². The average Bonchev–Trinajstić information content (AvgIpc) is 3.57. The second-order valence-corrected chi connectivity index (χ2v) is 8.64. The van der Waals surface area contributed by atoms with Crippen LogP contribution in [-0.2, 0) is 9.59 Å². The molecule has 176 valence electrons. The molecule has 8 heteroatoms. The number of nitrogens with one attached hydrogen (secondary N) is 2. The van der Waals surface area contributed by atoms with Gasteiger partial charge < -0.3 is 15.1 Å². The van der Waals surface area contributed by atoms with Crippen molar-refractivity contribution in [1.82, 2.24) is 10.6 Å². The van der Waals surface area contributed by atoms with E-state index in [2.05, 4.69) is 10.6 Å². The Morgan fingerprint density at radius 1 is 0.971 bits per heavy atom. The summed E-state index contributed by atoms with van der Waals surface area (Å²) in [7, 11) is 0. The molecule has 0 aliphatic heterocycles. The molecule has 4 rings (SSSR count). The third-order valence-electron chi connectivity index (χ3n) is 5.84. The lowest BCUT2D eigenvalue weighted by Gasteiger charge is -2.32. The van der Waals surface area contributed by atoms with Crippen LogP contribution in [0.15, 0.2) is 77.4 Å². The van der Waals surface area contributed by atoms with Gasteiger partial charge in [-0.05, 0) is 54.8 Å². The number of amides is 3. The highest BCUT2D eigenvalue weighted by Crippen LogP contribution is 2.30. The molecule has 0 spiro atoms. The van der Waals surface area contributed by atoms with Gasteiger partial charge in [0.25, 0.3) is 5.91 Å². The third-order valence-corrected chi connectivity index (χ3v) is 6.09. The molecule has 3 amide bonds. The van der Waals surface area contributed by atoms with E-state index in [9.17, 15) is 14.4 Å². The van der Waals surface area contributed by atoms with Crippen LogP contribution in [-0.4, -0.2) is 30.3 Å². The highest BCUT2D eigenvalue weighted by atomic mass is 35.5. The van der Waals surface area contributed by atoms with Crippen molar-refractivity contribution in [2.75, 3.05) is 11.4 Å². The molecular formula is C26H26ClN3O4. The number of nitrogens with zero attached hydrogens (tertiary/aromatic N) is 1. The van der Waals surface area contributed by atoms with Crippen LogP contribution < -0.4 is 15.5 Å². The van der Waals surface area contributed by atoms with E-state index in [0.717, 1.165) is 25.7 Å². The normalized spacial score (nSPS) is 14.4. The maximum absolute atomic E-state index is 13.6. The highest BCUT2D eigenvalue weighted by molar-refractivity contribution is 6.30. The van der Waals surface area contributed by atoms with Gasteiger partial charge in [0.05, 0.1) is 12.8 Å². The summed E-state index contributed by atoms with van der Waals surface area (Å²) in [5.41, 5.74) is 1.16. The first-order valence-corrected chi connectivity index (χ1v) is 11.7. The van der Waals surface area contributed by atoms with E-state index >= 15 is 0 Å². The molecule has 1 aliphatic rings. The van der Waals surface area contributed by atoms with Crippen LogP contribution in [0.3, 0.4) is 0 Å². The molecule has 1 heterocycles. The summed E-state index contributed by atoms with van der Waals surface area (Å²) < 4.78 is 5.10. The summed E-state index contributed by atoms with van der Waals surface area (Å²) in [4.78, 5) is 40.9. The molecule has 0 saturated heterocycles. The Morgan fingerprint density at radius 2 is 1.68 bits per heavy atom. The smallest absolute Gasteiger partial charge is 0.287 e. The van der Waals surface area contributed by atoms with Crippen LogP contribution in [0.2, 0.25) is 5.02 Å². The minimum atomic E-state index is -0.920. The predicted octanol–water partition coefficient (Wildman–Crippen LogP) is 4.50. The number of rotatable bonds is 8. The molecule has 0 bridgehead atoms. The Hall–Kier alpha value is -3.58. The fourth-order valence-corrected chi connectivity index (χ4v) is 4.30. The molecule has 2 N–H and O–H groups in total. The van der Waals surface area contributed by atoms with Gasteiger partial charge in [-0.2, -0.15) is 0 Å². The van der Waals surface area contributed by atoms with Crippen LogP contribution in [0, 0.1) is 0 Å². The van der Waals surface area contributed by atoms with E-state index in [1.165, 1.54) is 17.2 Å². The number of benzene rings is 2. The molecular weight excluding hydrogens is 454 g/mol. The van der Waals surface area contributed by atoms with E-state index in [4.69, 9.17) is 16.0 Å².